The lowest BCUT2D eigenvalue weighted by atomic mass is 10.0. The number of hydrogen-bond donors (Lipinski definition) is 1. The van der Waals surface area contributed by atoms with Crippen molar-refractivity contribution in [1.29, 1.82) is 0 Å². The van der Waals surface area contributed by atoms with E-state index in [9.17, 15) is 13.2 Å². The van der Waals surface area contributed by atoms with Crippen molar-refractivity contribution in [3.05, 3.63) is 65.2 Å². The van der Waals surface area contributed by atoms with Gasteiger partial charge in [0.15, 0.2) is 0 Å². The molecule has 1 unspecified atom stereocenters. The molecular formula is C15H12F3N. The van der Waals surface area contributed by atoms with Gasteiger partial charge in [0, 0.05) is 5.69 Å². The van der Waals surface area contributed by atoms with E-state index in [0.717, 1.165) is 29.8 Å². The molecule has 2 aromatic rings. The normalized spacial score (nSPS) is 17.9. The molecule has 0 bridgehead atoms. The maximum absolute atomic E-state index is 12.5. The van der Waals surface area contributed by atoms with Gasteiger partial charge in [0.2, 0.25) is 0 Å². The lowest BCUT2D eigenvalue weighted by Crippen LogP contribution is -2.08. The summed E-state index contributed by atoms with van der Waals surface area (Å²) in [6, 6.07) is 13.4. The molecule has 0 saturated carbocycles. The molecule has 1 aliphatic rings. The molecule has 0 aromatic heterocycles. The molecule has 19 heavy (non-hydrogen) atoms. The van der Waals surface area contributed by atoms with E-state index in [4.69, 9.17) is 0 Å². The molecule has 1 aliphatic heterocycles. The molecule has 1 N–H and O–H groups in total. The van der Waals surface area contributed by atoms with E-state index in [0.29, 0.717) is 0 Å². The maximum Gasteiger partial charge on any atom is 0.416 e. The number of benzene rings is 2. The van der Waals surface area contributed by atoms with Gasteiger partial charge in [-0.25, -0.2) is 0 Å². The Hall–Kier alpha value is -1.97. The topological polar surface area (TPSA) is 12.0 Å². The highest BCUT2D eigenvalue weighted by molar-refractivity contribution is 5.58. The van der Waals surface area contributed by atoms with Gasteiger partial charge in [-0.05, 0) is 35.7 Å². The van der Waals surface area contributed by atoms with Crippen LogP contribution in [-0.4, -0.2) is 0 Å². The summed E-state index contributed by atoms with van der Waals surface area (Å²) in [4.78, 5) is 0. The first-order chi connectivity index (χ1) is 9.04. The molecule has 0 saturated heterocycles. The molecule has 0 spiro atoms. The van der Waals surface area contributed by atoms with Crippen molar-refractivity contribution in [3.8, 4) is 0 Å². The van der Waals surface area contributed by atoms with E-state index in [2.05, 4.69) is 5.32 Å². The van der Waals surface area contributed by atoms with Crippen LogP contribution >= 0.6 is 0 Å². The lowest BCUT2D eigenvalue weighted by molar-refractivity contribution is -0.137. The summed E-state index contributed by atoms with van der Waals surface area (Å²) in [5.74, 6) is 0. The quantitative estimate of drug-likeness (QED) is 0.803. The summed E-state index contributed by atoms with van der Waals surface area (Å²) in [6.07, 6.45) is -3.47. The van der Waals surface area contributed by atoms with Crippen LogP contribution in [0.1, 0.15) is 22.7 Å². The van der Waals surface area contributed by atoms with Crippen LogP contribution in [0.5, 0.6) is 0 Å². The lowest BCUT2D eigenvalue weighted by Gasteiger charge is -2.13. The minimum atomic E-state index is -4.27. The highest BCUT2D eigenvalue weighted by Gasteiger charge is 2.30. The molecule has 2 aromatic carbocycles. The van der Waals surface area contributed by atoms with Crippen molar-refractivity contribution >= 4 is 5.69 Å². The van der Waals surface area contributed by atoms with Crippen LogP contribution < -0.4 is 5.32 Å². The highest BCUT2D eigenvalue weighted by Crippen LogP contribution is 2.35. The molecule has 1 heterocycles. The fraction of sp³-hybridized carbons (Fsp3) is 0.200. The Morgan fingerprint density at radius 2 is 1.63 bits per heavy atom. The van der Waals surface area contributed by atoms with Crippen LogP contribution in [0.25, 0.3) is 0 Å². The van der Waals surface area contributed by atoms with E-state index < -0.39 is 11.7 Å². The number of hydrogen-bond acceptors (Lipinski definition) is 1. The van der Waals surface area contributed by atoms with Crippen molar-refractivity contribution in [2.45, 2.75) is 18.6 Å². The van der Waals surface area contributed by atoms with Gasteiger partial charge in [-0.3, -0.25) is 0 Å². The highest BCUT2D eigenvalue weighted by atomic mass is 19.4. The third kappa shape index (κ3) is 2.30. The van der Waals surface area contributed by atoms with Crippen molar-refractivity contribution < 1.29 is 13.2 Å². The molecule has 1 atom stereocenters. The second-order valence-electron chi connectivity index (χ2n) is 4.68. The number of rotatable bonds is 1. The summed E-state index contributed by atoms with van der Waals surface area (Å²) in [7, 11) is 0. The van der Waals surface area contributed by atoms with Gasteiger partial charge in [-0.15, -0.1) is 0 Å². The van der Waals surface area contributed by atoms with Gasteiger partial charge in [-0.2, -0.15) is 13.2 Å². The molecule has 1 nitrogen and oxygen atoms in total. The van der Waals surface area contributed by atoms with E-state index in [-0.39, 0.29) is 6.04 Å². The third-order valence-electron chi connectivity index (χ3n) is 3.41. The van der Waals surface area contributed by atoms with Gasteiger partial charge >= 0.3 is 6.18 Å². The molecule has 4 heteroatoms. The first-order valence-electron chi connectivity index (χ1n) is 6.05. The summed E-state index contributed by atoms with van der Waals surface area (Å²) in [5, 5.41) is 3.33. The maximum atomic E-state index is 12.5. The molecule has 0 radical (unpaired) electrons. The number of fused-ring (bicyclic) bond motifs is 1. The monoisotopic (exact) mass is 263 g/mol. The molecular weight excluding hydrogens is 251 g/mol. The molecule has 98 valence electrons. The van der Waals surface area contributed by atoms with Crippen LogP contribution in [0.3, 0.4) is 0 Å². The van der Waals surface area contributed by atoms with Crippen LogP contribution in [0.4, 0.5) is 18.9 Å². The first kappa shape index (κ1) is 12.1. The van der Waals surface area contributed by atoms with E-state index >= 15 is 0 Å². The second kappa shape index (κ2) is 4.30. The standard InChI is InChI=1S/C15H12F3N/c16-15(17,18)12-7-5-10(6-8-12)14-9-11-3-1-2-4-13(11)19-14/h1-8,14,19H,9H2. The predicted molar refractivity (Wildman–Crippen MR) is 68.0 cm³/mol. The Labute approximate surface area is 109 Å². The fourth-order valence-corrected chi connectivity index (χ4v) is 2.40. The number of nitrogens with one attached hydrogen (secondary N) is 1. The summed E-state index contributed by atoms with van der Waals surface area (Å²) < 4.78 is 37.5. The largest absolute Gasteiger partial charge is 0.416 e. The Bertz CT molecular complexity index is 562. The van der Waals surface area contributed by atoms with Crippen LogP contribution in [0, 0.1) is 0 Å². The molecule has 0 fully saturated rings. The van der Waals surface area contributed by atoms with E-state index in [1.165, 1.54) is 5.56 Å². The van der Waals surface area contributed by atoms with Gasteiger partial charge in [0.05, 0.1) is 11.6 Å². The minimum absolute atomic E-state index is 0.0553. The van der Waals surface area contributed by atoms with Crippen molar-refractivity contribution in [2.75, 3.05) is 5.32 Å². The fourth-order valence-electron chi connectivity index (χ4n) is 2.40. The van der Waals surface area contributed by atoms with Crippen molar-refractivity contribution in [3.63, 3.8) is 0 Å². The zero-order valence-electron chi connectivity index (χ0n) is 10.0. The predicted octanol–water partition coefficient (Wildman–Crippen LogP) is 4.41. The average molecular weight is 263 g/mol. The van der Waals surface area contributed by atoms with E-state index in [1.54, 1.807) is 12.1 Å². The Kier molecular flexibility index (Phi) is 2.73. The van der Waals surface area contributed by atoms with E-state index in [1.807, 2.05) is 24.3 Å². The number of anilines is 1. The van der Waals surface area contributed by atoms with Crippen LogP contribution in [0.2, 0.25) is 0 Å². The second-order valence-corrected chi connectivity index (χ2v) is 4.68. The Morgan fingerprint density at radius 3 is 2.26 bits per heavy atom. The first-order valence-corrected chi connectivity index (χ1v) is 6.05. The zero-order valence-corrected chi connectivity index (χ0v) is 10.0. The third-order valence-corrected chi connectivity index (χ3v) is 3.41. The minimum Gasteiger partial charge on any atom is -0.378 e. The van der Waals surface area contributed by atoms with Gasteiger partial charge in [-0.1, -0.05) is 30.3 Å². The number of alkyl halides is 3. The smallest absolute Gasteiger partial charge is 0.378 e. The number of para-hydroxylation sites is 1. The molecule has 0 aliphatic carbocycles. The van der Waals surface area contributed by atoms with Crippen molar-refractivity contribution in [1.82, 2.24) is 0 Å². The molecule has 3 rings (SSSR count). The van der Waals surface area contributed by atoms with Crippen LogP contribution in [0.15, 0.2) is 48.5 Å². The van der Waals surface area contributed by atoms with Crippen LogP contribution in [-0.2, 0) is 12.6 Å². The van der Waals surface area contributed by atoms with Gasteiger partial charge in [0.1, 0.15) is 0 Å². The Balaban J connectivity index is 1.82. The van der Waals surface area contributed by atoms with Gasteiger partial charge < -0.3 is 5.32 Å². The molecule has 0 amide bonds. The average Bonchev–Trinajstić information content (AvgIpc) is 2.81. The summed E-state index contributed by atoms with van der Waals surface area (Å²) in [6.45, 7) is 0. The van der Waals surface area contributed by atoms with Crippen molar-refractivity contribution in [2.24, 2.45) is 0 Å². The SMILES string of the molecule is FC(F)(F)c1ccc(C2Cc3ccccc3N2)cc1. The summed E-state index contributed by atoms with van der Waals surface area (Å²) >= 11 is 0. The Morgan fingerprint density at radius 1 is 0.947 bits per heavy atom. The number of halogens is 3. The zero-order chi connectivity index (χ0) is 13.5. The van der Waals surface area contributed by atoms with Gasteiger partial charge in [0.25, 0.3) is 0 Å². The summed E-state index contributed by atoms with van der Waals surface area (Å²) in [5.41, 5.74) is 2.54.